The van der Waals surface area contributed by atoms with E-state index in [4.69, 9.17) is 11.6 Å². The number of aryl methyl sites for hydroxylation is 1. The highest BCUT2D eigenvalue weighted by molar-refractivity contribution is 6.34. The third kappa shape index (κ3) is 4.79. The van der Waals surface area contributed by atoms with Crippen LogP contribution in [0.15, 0.2) is 48.5 Å². The van der Waals surface area contributed by atoms with Gasteiger partial charge >= 0.3 is 0 Å². The van der Waals surface area contributed by atoms with Crippen molar-refractivity contribution in [1.29, 1.82) is 0 Å². The molecule has 2 fully saturated rings. The van der Waals surface area contributed by atoms with Gasteiger partial charge in [0.2, 0.25) is 0 Å². The molecule has 0 bridgehead atoms. The molecular weight excluding hydrogens is 403 g/mol. The molecule has 2 aliphatic rings. The van der Waals surface area contributed by atoms with Crippen molar-refractivity contribution in [2.45, 2.75) is 63.6 Å². The minimum atomic E-state index is -0.0818. The SMILES string of the molecule is Cc1cccc(C(=O)NC(c2ccccc2)C2CCCC3CCCCN32)c1Cl.Cl. The number of rotatable bonds is 4. The Kier molecular flexibility index (Phi) is 7.61. The molecule has 4 rings (SSSR count). The topological polar surface area (TPSA) is 32.3 Å². The summed E-state index contributed by atoms with van der Waals surface area (Å²) in [6.07, 6.45) is 7.51. The second-order valence-electron chi connectivity index (χ2n) is 8.18. The van der Waals surface area contributed by atoms with E-state index >= 15 is 0 Å². The van der Waals surface area contributed by atoms with E-state index in [2.05, 4.69) is 34.5 Å². The highest BCUT2D eigenvalue weighted by Crippen LogP contribution is 2.36. The van der Waals surface area contributed by atoms with Gasteiger partial charge in [-0.25, -0.2) is 0 Å². The summed E-state index contributed by atoms with van der Waals surface area (Å²) in [6.45, 7) is 3.08. The minimum Gasteiger partial charge on any atom is -0.344 e. The molecule has 2 heterocycles. The molecular formula is C24H30Cl2N2O. The van der Waals surface area contributed by atoms with Crippen LogP contribution in [-0.2, 0) is 0 Å². The Bertz CT molecular complexity index is 825. The highest BCUT2D eigenvalue weighted by Gasteiger charge is 2.38. The van der Waals surface area contributed by atoms with Crippen LogP contribution >= 0.6 is 24.0 Å². The zero-order chi connectivity index (χ0) is 19.5. The number of fused-ring (bicyclic) bond motifs is 1. The molecule has 2 aromatic rings. The van der Waals surface area contributed by atoms with Crippen LogP contribution in [-0.4, -0.2) is 29.4 Å². The molecule has 5 heteroatoms. The van der Waals surface area contributed by atoms with E-state index in [1.807, 2.05) is 31.2 Å². The molecule has 29 heavy (non-hydrogen) atoms. The number of nitrogens with zero attached hydrogens (tertiary/aromatic N) is 1. The lowest BCUT2D eigenvalue weighted by atomic mass is 9.84. The molecule has 0 saturated carbocycles. The number of nitrogens with one attached hydrogen (secondary N) is 1. The fraction of sp³-hybridized carbons (Fsp3) is 0.458. The number of halogens is 2. The van der Waals surface area contributed by atoms with Crippen LogP contribution < -0.4 is 5.32 Å². The van der Waals surface area contributed by atoms with Crippen LogP contribution in [0.25, 0.3) is 0 Å². The fourth-order valence-electron chi connectivity index (χ4n) is 4.96. The molecule has 3 atom stereocenters. The lowest BCUT2D eigenvalue weighted by Crippen LogP contribution is -2.54. The zero-order valence-electron chi connectivity index (χ0n) is 16.9. The normalized spacial score (nSPS) is 22.8. The van der Waals surface area contributed by atoms with Crippen molar-refractivity contribution in [3.63, 3.8) is 0 Å². The first kappa shape index (κ1) is 22.1. The van der Waals surface area contributed by atoms with Crippen LogP contribution in [0.5, 0.6) is 0 Å². The molecule has 0 aliphatic carbocycles. The summed E-state index contributed by atoms with van der Waals surface area (Å²) in [5.41, 5.74) is 2.67. The average molecular weight is 433 g/mol. The molecule has 2 saturated heterocycles. The molecule has 2 aliphatic heterocycles. The number of benzene rings is 2. The van der Waals surface area contributed by atoms with Crippen molar-refractivity contribution in [1.82, 2.24) is 10.2 Å². The van der Waals surface area contributed by atoms with E-state index in [1.165, 1.54) is 37.7 Å². The largest absolute Gasteiger partial charge is 0.344 e. The number of piperidine rings is 2. The number of amides is 1. The standard InChI is InChI=1S/C24H29ClN2O.ClH/c1-17-9-7-14-20(22(17)25)24(28)26-23(18-10-3-2-4-11-18)21-15-8-13-19-12-5-6-16-27(19)21;/h2-4,7,9-11,14,19,21,23H,5-6,8,12-13,15-16H2,1H3,(H,26,28);1H. The van der Waals surface area contributed by atoms with Gasteiger partial charge in [-0.2, -0.15) is 0 Å². The first-order valence-corrected chi connectivity index (χ1v) is 10.9. The van der Waals surface area contributed by atoms with Gasteiger partial charge in [0.15, 0.2) is 0 Å². The van der Waals surface area contributed by atoms with Gasteiger partial charge in [-0.1, -0.05) is 66.9 Å². The number of hydrogen-bond acceptors (Lipinski definition) is 2. The van der Waals surface area contributed by atoms with Gasteiger partial charge in [-0.15, -0.1) is 12.4 Å². The Morgan fingerprint density at radius 2 is 1.79 bits per heavy atom. The summed E-state index contributed by atoms with van der Waals surface area (Å²) < 4.78 is 0. The maximum atomic E-state index is 13.2. The Hall–Kier alpha value is -1.55. The molecule has 0 spiro atoms. The van der Waals surface area contributed by atoms with E-state index in [9.17, 15) is 4.79 Å². The maximum Gasteiger partial charge on any atom is 0.253 e. The summed E-state index contributed by atoms with van der Waals surface area (Å²) in [7, 11) is 0. The van der Waals surface area contributed by atoms with Crippen molar-refractivity contribution < 1.29 is 4.79 Å². The predicted octanol–water partition coefficient (Wildman–Crippen LogP) is 5.95. The van der Waals surface area contributed by atoms with E-state index in [-0.39, 0.29) is 24.4 Å². The smallest absolute Gasteiger partial charge is 0.253 e. The van der Waals surface area contributed by atoms with Gasteiger partial charge in [-0.3, -0.25) is 9.69 Å². The van der Waals surface area contributed by atoms with Gasteiger partial charge < -0.3 is 5.32 Å². The van der Waals surface area contributed by atoms with Gasteiger partial charge in [0.25, 0.3) is 5.91 Å². The summed E-state index contributed by atoms with van der Waals surface area (Å²) in [6, 6.07) is 17.1. The van der Waals surface area contributed by atoms with E-state index in [0.29, 0.717) is 22.7 Å². The van der Waals surface area contributed by atoms with Crippen molar-refractivity contribution in [2.75, 3.05) is 6.54 Å². The summed E-state index contributed by atoms with van der Waals surface area (Å²) in [5, 5.41) is 3.90. The van der Waals surface area contributed by atoms with Crippen LogP contribution in [0, 0.1) is 6.92 Å². The molecule has 3 unspecified atom stereocenters. The molecule has 0 radical (unpaired) electrons. The van der Waals surface area contributed by atoms with Crippen LogP contribution in [0.1, 0.15) is 66.1 Å². The Balaban J connectivity index is 0.00000240. The number of carbonyl (C=O) groups is 1. The molecule has 156 valence electrons. The van der Waals surface area contributed by atoms with Gasteiger partial charge in [0.1, 0.15) is 0 Å². The van der Waals surface area contributed by atoms with Gasteiger partial charge in [0.05, 0.1) is 16.6 Å². The maximum absolute atomic E-state index is 13.2. The quantitative estimate of drug-likeness (QED) is 0.647. The second kappa shape index (κ2) is 9.97. The Morgan fingerprint density at radius 1 is 1.03 bits per heavy atom. The summed E-state index contributed by atoms with van der Waals surface area (Å²) in [5.74, 6) is -0.0818. The number of carbonyl (C=O) groups excluding carboxylic acids is 1. The van der Waals surface area contributed by atoms with Crippen LogP contribution in [0.4, 0.5) is 0 Å². The second-order valence-corrected chi connectivity index (χ2v) is 8.56. The van der Waals surface area contributed by atoms with E-state index < -0.39 is 0 Å². The predicted molar refractivity (Wildman–Crippen MR) is 122 cm³/mol. The van der Waals surface area contributed by atoms with E-state index in [1.54, 1.807) is 0 Å². The third-order valence-electron chi connectivity index (χ3n) is 6.40. The van der Waals surface area contributed by atoms with E-state index in [0.717, 1.165) is 18.5 Å². The molecule has 1 N–H and O–H groups in total. The monoisotopic (exact) mass is 432 g/mol. The minimum absolute atomic E-state index is 0. The lowest BCUT2D eigenvalue weighted by molar-refractivity contribution is 0.0311. The lowest BCUT2D eigenvalue weighted by Gasteiger charge is -2.48. The molecule has 1 amide bonds. The van der Waals surface area contributed by atoms with Crippen molar-refractivity contribution in [3.8, 4) is 0 Å². The van der Waals surface area contributed by atoms with Crippen LogP contribution in [0.3, 0.4) is 0 Å². The van der Waals surface area contributed by atoms with Gasteiger partial charge in [-0.05, 0) is 56.3 Å². The van der Waals surface area contributed by atoms with Crippen molar-refractivity contribution >= 4 is 29.9 Å². The summed E-state index contributed by atoms with van der Waals surface area (Å²) >= 11 is 6.44. The average Bonchev–Trinajstić information content (AvgIpc) is 2.74. The molecule has 3 nitrogen and oxygen atoms in total. The van der Waals surface area contributed by atoms with Gasteiger partial charge in [0, 0.05) is 12.1 Å². The van der Waals surface area contributed by atoms with Crippen molar-refractivity contribution in [3.05, 3.63) is 70.2 Å². The fourth-order valence-corrected chi connectivity index (χ4v) is 5.17. The first-order valence-electron chi connectivity index (χ1n) is 10.5. The number of hydrogen-bond donors (Lipinski definition) is 1. The summed E-state index contributed by atoms with van der Waals surface area (Å²) in [4.78, 5) is 15.9. The highest BCUT2D eigenvalue weighted by atomic mass is 35.5. The first-order chi connectivity index (χ1) is 13.6. The third-order valence-corrected chi connectivity index (χ3v) is 6.90. The Labute approximate surface area is 185 Å². The molecule has 0 aromatic heterocycles. The van der Waals surface area contributed by atoms with Crippen molar-refractivity contribution in [2.24, 2.45) is 0 Å². The Morgan fingerprint density at radius 3 is 2.59 bits per heavy atom. The zero-order valence-corrected chi connectivity index (χ0v) is 18.5. The molecule has 2 aromatic carbocycles. The van der Waals surface area contributed by atoms with Crippen LogP contribution in [0.2, 0.25) is 5.02 Å².